The van der Waals surface area contributed by atoms with Gasteiger partial charge in [-0.15, -0.1) is 0 Å². The highest BCUT2D eigenvalue weighted by molar-refractivity contribution is 6.32. The number of fused-ring (bicyclic) bond motifs is 2. The Kier molecular flexibility index (Phi) is 12.5. The number of rotatable bonds is 12. The number of hydrogen-bond donors (Lipinski definition) is 0. The predicted octanol–water partition coefficient (Wildman–Crippen LogP) is 21.3. The fourth-order valence-corrected chi connectivity index (χ4v) is 12.2. The highest BCUT2D eigenvalue weighted by Gasteiger charge is 2.27. The number of anilines is 6. The maximum Gasteiger partial charge on any atom is 0.0546 e. The summed E-state index contributed by atoms with van der Waals surface area (Å²) < 4.78 is 0. The summed E-state index contributed by atoms with van der Waals surface area (Å²) in [5.41, 5.74) is 25.1. The van der Waals surface area contributed by atoms with Crippen molar-refractivity contribution >= 4 is 88.0 Å². The molecule has 0 N–H and O–H groups in total. The first kappa shape index (κ1) is 48.7. The van der Waals surface area contributed by atoms with Gasteiger partial charge >= 0.3 is 0 Å². The van der Waals surface area contributed by atoms with Crippen LogP contribution in [0, 0.1) is 41.5 Å². The number of aryl methyl sites for hydroxylation is 8. The molecule has 0 aromatic heterocycles. The molecule has 0 unspecified atom stereocenters. The van der Waals surface area contributed by atoms with Crippen molar-refractivity contribution in [3.8, 4) is 22.3 Å². The van der Waals surface area contributed by atoms with Crippen LogP contribution in [0.4, 0.5) is 34.1 Å². The van der Waals surface area contributed by atoms with E-state index in [0.717, 1.165) is 25.7 Å². The molecule has 2 heteroatoms. The zero-order valence-corrected chi connectivity index (χ0v) is 46.0. The molecule has 0 amide bonds. The van der Waals surface area contributed by atoms with Gasteiger partial charge in [0, 0.05) is 44.3 Å². The lowest BCUT2D eigenvalue weighted by Gasteiger charge is -2.32. The van der Waals surface area contributed by atoms with E-state index in [2.05, 4.69) is 261 Å². The quantitative estimate of drug-likeness (QED) is 0.113. The highest BCUT2D eigenvalue weighted by atomic mass is 15.2. The summed E-state index contributed by atoms with van der Waals surface area (Å²) in [6.45, 7) is 22.7. The van der Waals surface area contributed by atoms with Crippen LogP contribution in [-0.4, -0.2) is 0 Å². The molecule has 2 nitrogen and oxygen atoms in total. The normalized spacial score (nSPS) is 11.8. The number of hydrogen-bond acceptors (Lipinski definition) is 2. The Bertz CT molecular complexity index is 3880. The molecule has 0 aliphatic rings. The summed E-state index contributed by atoms with van der Waals surface area (Å²) in [6, 6.07) is 70.7. The molecule has 0 saturated carbocycles. The van der Waals surface area contributed by atoms with Crippen LogP contribution in [0.1, 0.15) is 83.3 Å². The molecule has 12 aromatic carbocycles. The standard InChI is InChI=1S/C74H68N2/c1-11-51-35-52(12-2)38-63(37-51)75(61-31-45(5)49(9)46(6)32-61)71-43-69(59-25-23-55-19-15-17-21-57(55)41-59)65-28-30-68-72(76(62-33-47(7)50(10)48(8)34-62)64-39-53(13-3)36-54(14-4)40-64)44-70(66-27-29-67(71)73(65)74(66)68)60-26-24-56-20-16-18-22-58(56)42-60/h15-44H,11-14H2,1-10H3. The second-order valence-electron chi connectivity index (χ2n) is 21.6. The largest absolute Gasteiger partial charge is 0.310 e. The van der Waals surface area contributed by atoms with Gasteiger partial charge in [-0.05, 0) is 250 Å². The summed E-state index contributed by atoms with van der Waals surface area (Å²) in [5, 5.41) is 12.5. The van der Waals surface area contributed by atoms with Crippen LogP contribution < -0.4 is 9.80 Å². The fraction of sp³-hybridized carbons (Fsp3) is 0.189. The van der Waals surface area contributed by atoms with Gasteiger partial charge in [-0.25, -0.2) is 0 Å². The first-order valence-corrected chi connectivity index (χ1v) is 27.7. The van der Waals surface area contributed by atoms with Gasteiger partial charge in [-0.1, -0.05) is 137 Å². The van der Waals surface area contributed by atoms with Crippen molar-refractivity contribution in [1.29, 1.82) is 0 Å². The monoisotopic (exact) mass is 985 g/mol. The third-order valence-electron chi connectivity index (χ3n) is 17.0. The van der Waals surface area contributed by atoms with E-state index in [1.54, 1.807) is 0 Å². The van der Waals surface area contributed by atoms with Gasteiger partial charge in [0.15, 0.2) is 0 Å². The second-order valence-corrected chi connectivity index (χ2v) is 21.6. The van der Waals surface area contributed by atoms with Crippen molar-refractivity contribution in [2.45, 2.75) is 94.9 Å². The van der Waals surface area contributed by atoms with Crippen LogP contribution in [0.25, 0.3) is 76.1 Å². The third-order valence-corrected chi connectivity index (χ3v) is 17.0. The Labute approximate surface area is 450 Å². The molecule has 12 rings (SSSR count). The maximum atomic E-state index is 2.59. The smallest absolute Gasteiger partial charge is 0.0546 e. The topological polar surface area (TPSA) is 6.48 Å². The zero-order chi connectivity index (χ0) is 52.5. The first-order valence-electron chi connectivity index (χ1n) is 27.7. The summed E-state index contributed by atoms with van der Waals surface area (Å²) >= 11 is 0. The number of nitrogens with zero attached hydrogens (tertiary/aromatic N) is 2. The molecule has 0 fully saturated rings. The van der Waals surface area contributed by atoms with Crippen molar-refractivity contribution in [3.05, 3.63) is 238 Å². The minimum absolute atomic E-state index is 0.958. The average molecular weight is 985 g/mol. The van der Waals surface area contributed by atoms with E-state index in [-0.39, 0.29) is 0 Å². The van der Waals surface area contributed by atoms with E-state index in [0.29, 0.717) is 0 Å². The van der Waals surface area contributed by atoms with Gasteiger partial charge in [-0.3, -0.25) is 0 Å². The van der Waals surface area contributed by atoms with E-state index in [9.17, 15) is 0 Å². The molecule has 0 radical (unpaired) electrons. The van der Waals surface area contributed by atoms with Crippen LogP contribution >= 0.6 is 0 Å². The molecule has 0 saturated heterocycles. The molecular formula is C74H68N2. The minimum atomic E-state index is 0.958. The second kappa shape index (κ2) is 19.5. The van der Waals surface area contributed by atoms with Crippen LogP contribution in [0.2, 0.25) is 0 Å². The molecule has 0 bridgehead atoms. The van der Waals surface area contributed by atoms with Crippen molar-refractivity contribution in [3.63, 3.8) is 0 Å². The molecule has 0 aliphatic carbocycles. The fourth-order valence-electron chi connectivity index (χ4n) is 12.2. The van der Waals surface area contributed by atoms with Crippen LogP contribution in [-0.2, 0) is 25.7 Å². The maximum absolute atomic E-state index is 2.59. The van der Waals surface area contributed by atoms with Crippen molar-refractivity contribution in [2.75, 3.05) is 9.80 Å². The molecule has 12 aromatic rings. The molecule has 0 atom stereocenters. The lowest BCUT2D eigenvalue weighted by molar-refractivity contribution is 1.08. The van der Waals surface area contributed by atoms with E-state index in [1.165, 1.54) is 166 Å². The number of benzene rings is 12. The molecule has 0 spiro atoms. The molecule has 0 heterocycles. The molecule has 76 heavy (non-hydrogen) atoms. The first-order chi connectivity index (χ1) is 36.9. The molecular weight excluding hydrogens is 917 g/mol. The van der Waals surface area contributed by atoms with Gasteiger partial charge in [-0.2, -0.15) is 0 Å². The van der Waals surface area contributed by atoms with Crippen LogP contribution in [0.5, 0.6) is 0 Å². The van der Waals surface area contributed by atoms with E-state index >= 15 is 0 Å². The predicted molar refractivity (Wildman–Crippen MR) is 331 cm³/mol. The Morgan fingerprint density at radius 2 is 0.605 bits per heavy atom. The lowest BCUT2D eigenvalue weighted by Crippen LogP contribution is -2.14. The summed E-state index contributed by atoms with van der Waals surface area (Å²) in [7, 11) is 0. The van der Waals surface area contributed by atoms with Gasteiger partial charge in [0.2, 0.25) is 0 Å². The van der Waals surface area contributed by atoms with Crippen LogP contribution in [0.15, 0.2) is 182 Å². The van der Waals surface area contributed by atoms with Crippen molar-refractivity contribution < 1.29 is 0 Å². The van der Waals surface area contributed by atoms with E-state index < -0.39 is 0 Å². The Hall–Kier alpha value is -8.20. The average Bonchev–Trinajstić information content (AvgIpc) is 3.45. The Balaban J connectivity index is 1.28. The van der Waals surface area contributed by atoms with Gasteiger partial charge in [0.25, 0.3) is 0 Å². The van der Waals surface area contributed by atoms with Gasteiger partial charge in [0.05, 0.1) is 11.4 Å². The van der Waals surface area contributed by atoms with Gasteiger partial charge < -0.3 is 9.80 Å². The third kappa shape index (κ3) is 8.36. The van der Waals surface area contributed by atoms with Gasteiger partial charge in [0.1, 0.15) is 0 Å². The van der Waals surface area contributed by atoms with Crippen molar-refractivity contribution in [2.24, 2.45) is 0 Å². The zero-order valence-electron chi connectivity index (χ0n) is 46.0. The van der Waals surface area contributed by atoms with Crippen LogP contribution in [0.3, 0.4) is 0 Å². The van der Waals surface area contributed by atoms with E-state index in [1.807, 2.05) is 0 Å². The molecule has 374 valence electrons. The van der Waals surface area contributed by atoms with Crippen molar-refractivity contribution in [1.82, 2.24) is 0 Å². The summed E-state index contributed by atoms with van der Waals surface area (Å²) in [5.74, 6) is 0. The lowest BCUT2D eigenvalue weighted by atomic mass is 9.84. The minimum Gasteiger partial charge on any atom is -0.310 e. The summed E-state index contributed by atoms with van der Waals surface area (Å²) in [6.07, 6.45) is 3.83. The molecule has 0 aliphatic heterocycles. The highest BCUT2D eigenvalue weighted by Crippen LogP contribution is 2.53. The Morgan fingerprint density at radius 3 is 0.947 bits per heavy atom. The Morgan fingerprint density at radius 1 is 0.289 bits per heavy atom. The van der Waals surface area contributed by atoms with E-state index in [4.69, 9.17) is 0 Å². The SMILES string of the molecule is CCc1cc(CC)cc(N(c2cc(C)c(C)c(C)c2)c2cc(-c3ccc4ccccc4c3)c3ccc4c(N(c5cc(CC)cc(CC)c5)c5cc(C)c(C)c(C)c5)cc(-c5ccc6ccccc6c5)c5ccc2c3c54)c1. The summed E-state index contributed by atoms with van der Waals surface area (Å²) in [4.78, 5) is 5.18.